The van der Waals surface area contributed by atoms with Crippen LogP contribution in [-0.4, -0.2) is 24.0 Å². The Morgan fingerprint density at radius 1 is 1.67 bits per heavy atom. The molecule has 0 saturated carbocycles. The Morgan fingerprint density at radius 2 is 2.50 bits per heavy atom. The third-order valence-corrected chi connectivity index (χ3v) is 3.54. The quantitative estimate of drug-likeness (QED) is 0.827. The van der Waals surface area contributed by atoms with Gasteiger partial charge >= 0.3 is 0 Å². The summed E-state index contributed by atoms with van der Waals surface area (Å²) in [7, 11) is 0. The maximum Gasteiger partial charge on any atom is 0.224 e. The van der Waals surface area contributed by atoms with Gasteiger partial charge in [-0.15, -0.1) is 0 Å². The summed E-state index contributed by atoms with van der Waals surface area (Å²) >= 11 is 5.98. The Hall–Kier alpha value is -1.13. The van der Waals surface area contributed by atoms with E-state index >= 15 is 0 Å². The summed E-state index contributed by atoms with van der Waals surface area (Å²) in [6, 6.07) is 1.84. The van der Waals surface area contributed by atoms with Crippen LogP contribution in [0.3, 0.4) is 0 Å². The fourth-order valence-electron chi connectivity index (χ4n) is 2.23. The number of nitrogens with one attached hydrogen (secondary N) is 2. The van der Waals surface area contributed by atoms with Gasteiger partial charge in [-0.1, -0.05) is 11.6 Å². The monoisotopic (exact) mass is 267 g/mol. The molecule has 0 radical (unpaired) electrons. The molecular weight excluding hydrogens is 250 g/mol. The smallest absolute Gasteiger partial charge is 0.224 e. The number of hydrogen-bond acceptors (Lipinski definition) is 3. The molecular formula is C13H18ClN3O. The highest BCUT2D eigenvalue weighted by atomic mass is 35.5. The number of aromatic nitrogens is 1. The minimum Gasteiger partial charge on any atom is -0.323 e. The van der Waals surface area contributed by atoms with Gasteiger partial charge in [0, 0.05) is 12.6 Å². The molecule has 4 nitrogen and oxygen atoms in total. The van der Waals surface area contributed by atoms with Crippen LogP contribution in [0.1, 0.15) is 24.8 Å². The van der Waals surface area contributed by atoms with Crippen molar-refractivity contribution in [2.24, 2.45) is 5.92 Å². The standard InChI is InChI=1S/C13H18ClN3O/c1-9-4-6-16-13(14)12(9)17-11(18)7-10-3-2-5-15-8-10/h4,6,10,15H,2-3,5,7-8H2,1H3,(H,17,18). The van der Waals surface area contributed by atoms with Gasteiger partial charge in [-0.3, -0.25) is 4.79 Å². The lowest BCUT2D eigenvalue weighted by atomic mass is 9.96. The number of anilines is 1. The molecule has 1 saturated heterocycles. The Labute approximate surface area is 112 Å². The first kappa shape index (κ1) is 13.3. The Bertz CT molecular complexity index is 410. The van der Waals surface area contributed by atoms with E-state index < -0.39 is 0 Å². The second-order valence-corrected chi connectivity index (χ2v) is 5.12. The molecule has 0 aromatic carbocycles. The topological polar surface area (TPSA) is 54.0 Å². The molecule has 1 atom stereocenters. The SMILES string of the molecule is Cc1ccnc(Cl)c1NC(=O)CC1CCCNC1. The van der Waals surface area contributed by atoms with Crippen molar-refractivity contribution < 1.29 is 4.79 Å². The lowest BCUT2D eigenvalue weighted by Crippen LogP contribution is -2.32. The summed E-state index contributed by atoms with van der Waals surface area (Å²) in [5, 5.41) is 6.52. The predicted molar refractivity (Wildman–Crippen MR) is 72.8 cm³/mol. The maximum atomic E-state index is 12.0. The predicted octanol–water partition coefficient (Wildman–Crippen LogP) is 2.37. The fourth-order valence-corrected chi connectivity index (χ4v) is 2.48. The lowest BCUT2D eigenvalue weighted by molar-refractivity contribution is -0.117. The normalized spacial score (nSPS) is 19.6. The molecule has 2 heterocycles. The number of nitrogens with zero attached hydrogens (tertiary/aromatic N) is 1. The molecule has 0 bridgehead atoms. The van der Waals surface area contributed by atoms with E-state index in [1.807, 2.05) is 13.0 Å². The molecule has 1 aliphatic heterocycles. The molecule has 18 heavy (non-hydrogen) atoms. The number of pyridine rings is 1. The van der Waals surface area contributed by atoms with Crippen LogP contribution in [0, 0.1) is 12.8 Å². The van der Waals surface area contributed by atoms with Gasteiger partial charge in [0.15, 0.2) is 5.15 Å². The van der Waals surface area contributed by atoms with E-state index in [1.54, 1.807) is 6.20 Å². The summed E-state index contributed by atoms with van der Waals surface area (Å²) in [5.41, 5.74) is 1.57. The van der Waals surface area contributed by atoms with Crippen LogP contribution in [0.15, 0.2) is 12.3 Å². The molecule has 1 aromatic heterocycles. The maximum absolute atomic E-state index is 12.0. The summed E-state index contributed by atoms with van der Waals surface area (Å²) in [4.78, 5) is 15.9. The number of piperidine rings is 1. The highest BCUT2D eigenvalue weighted by molar-refractivity contribution is 6.32. The van der Waals surface area contributed by atoms with Crippen molar-refractivity contribution >= 4 is 23.2 Å². The average molecular weight is 268 g/mol. The largest absolute Gasteiger partial charge is 0.323 e. The van der Waals surface area contributed by atoms with E-state index in [9.17, 15) is 4.79 Å². The van der Waals surface area contributed by atoms with Crippen molar-refractivity contribution in [3.63, 3.8) is 0 Å². The zero-order chi connectivity index (χ0) is 13.0. The van der Waals surface area contributed by atoms with Crippen molar-refractivity contribution in [3.8, 4) is 0 Å². The van der Waals surface area contributed by atoms with Crippen LogP contribution >= 0.6 is 11.6 Å². The van der Waals surface area contributed by atoms with E-state index in [2.05, 4.69) is 15.6 Å². The van der Waals surface area contributed by atoms with E-state index in [-0.39, 0.29) is 5.91 Å². The first-order chi connectivity index (χ1) is 8.66. The summed E-state index contributed by atoms with van der Waals surface area (Å²) < 4.78 is 0. The van der Waals surface area contributed by atoms with Crippen molar-refractivity contribution in [2.75, 3.05) is 18.4 Å². The van der Waals surface area contributed by atoms with Gasteiger partial charge in [0.1, 0.15) is 0 Å². The summed E-state index contributed by atoms with van der Waals surface area (Å²) in [6.07, 6.45) is 4.43. The number of carbonyl (C=O) groups excluding carboxylic acids is 1. The molecule has 1 fully saturated rings. The summed E-state index contributed by atoms with van der Waals surface area (Å²) in [5.74, 6) is 0.441. The third-order valence-electron chi connectivity index (χ3n) is 3.25. The van der Waals surface area contributed by atoms with Crippen molar-refractivity contribution in [1.29, 1.82) is 0 Å². The van der Waals surface area contributed by atoms with Crippen molar-refractivity contribution in [1.82, 2.24) is 10.3 Å². The van der Waals surface area contributed by atoms with Gasteiger partial charge in [-0.2, -0.15) is 0 Å². The van der Waals surface area contributed by atoms with Crippen LogP contribution in [0.5, 0.6) is 0 Å². The molecule has 1 unspecified atom stereocenters. The van der Waals surface area contributed by atoms with Gasteiger partial charge in [0.25, 0.3) is 0 Å². The van der Waals surface area contributed by atoms with Gasteiger partial charge < -0.3 is 10.6 Å². The second kappa shape index (κ2) is 6.16. The third kappa shape index (κ3) is 3.43. The van der Waals surface area contributed by atoms with Crippen molar-refractivity contribution in [2.45, 2.75) is 26.2 Å². The molecule has 0 spiro atoms. The van der Waals surface area contributed by atoms with Crippen LogP contribution in [0.4, 0.5) is 5.69 Å². The molecule has 5 heteroatoms. The van der Waals surface area contributed by atoms with Gasteiger partial charge in [-0.05, 0) is 50.4 Å². The zero-order valence-corrected chi connectivity index (χ0v) is 11.3. The molecule has 1 aromatic rings. The number of hydrogen-bond donors (Lipinski definition) is 2. The molecule has 1 aliphatic rings. The van der Waals surface area contributed by atoms with E-state index in [1.165, 1.54) is 0 Å². The Morgan fingerprint density at radius 3 is 3.17 bits per heavy atom. The van der Waals surface area contributed by atoms with Gasteiger partial charge in [-0.25, -0.2) is 4.98 Å². The number of aryl methyl sites for hydroxylation is 1. The second-order valence-electron chi connectivity index (χ2n) is 4.76. The summed E-state index contributed by atoms with van der Waals surface area (Å²) in [6.45, 7) is 3.89. The number of carbonyl (C=O) groups is 1. The molecule has 1 amide bonds. The lowest BCUT2D eigenvalue weighted by Gasteiger charge is -2.22. The molecule has 2 rings (SSSR count). The molecule has 98 valence electrons. The Balaban J connectivity index is 1.94. The number of amides is 1. The fraction of sp³-hybridized carbons (Fsp3) is 0.538. The van der Waals surface area contributed by atoms with E-state index in [0.717, 1.165) is 31.5 Å². The van der Waals surface area contributed by atoms with E-state index in [0.29, 0.717) is 23.2 Å². The number of rotatable bonds is 3. The van der Waals surface area contributed by atoms with Gasteiger partial charge in [0.2, 0.25) is 5.91 Å². The van der Waals surface area contributed by atoms with Crippen LogP contribution in [0.2, 0.25) is 5.15 Å². The van der Waals surface area contributed by atoms with Crippen molar-refractivity contribution in [3.05, 3.63) is 23.0 Å². The highest BCUT2D eigenvalue weighted by Crippen LogP contribution is 2.23. The molecule has 2 N–H and O–H groups in total. The minimum absolute atomic E-state index is 0.0155. The highest BCUT2D eigenvalue weighted by Gasteiger charge is 2.18. The first-order valence-corrected chi connectivity index (χ1v) is 6.66. The zero-order valence-electron chi connectivity index (χ0n) is 10.5. The Kier molecular flexibility index (Phi) is 4.55. The van der Waals surface area contributed by atoms with E-state index in [4.69, 9.17) is 11.6 Å². The van der Waals surface area contributed by atoms with Crippen LogP contribution in [-0.2, 0) is 4.79 Å². The van der Waals surface area contributed by atoms with Gasteiger partial charge in [0.05, 0.1) is 5.69 Å². The van der Waals surface area contributed by atoms with Crippen LogP contribution < -0.4 is 10.6 Å². The van der Waals surface area contributed by atoms with Crippen LogP contribution in [0.25, 0.3) is 0 Å². The first-order valence-electron chi connectivity index (χ1n) is 6.28. The minimum atomic E-state index is 0.0155. The average Bonchev–Trinajstić information content (AvgIpc) is 2.35. The number of halogens is 1. The molecule has 0 aliphatic carbocycles.